The number of nitrogens with zero attached hydrogens (tertiary/aromatic N) is 5. The summed E-state index contributed by atoms with van der Waals surface area (Å²) in [6, 6.07) is 10.9. The lowest BCUT2D eigenvalue weighted by Crippen LogP contribution is -2.13. The number of pyridine rings is 1. The maximum Gasteiger partial charge on any atom is 0.277 e. The van der Waals surface area contributed by atoms with Crippen molar-refractivity contribution >= 4 is 31.8 Å². The summed E-state index contributed by atoms with van der Waals surface area (Å²) >= 11 is 0. The number of aromatic nitrogens is 7. The molecule has 0 bridgehead atoms. The first-order chi connectivity index (χ1) is 23.5. The van der Waals surface area contributed by atoms with E-state index in [1.807, 2.05) is 33.8 Å². The van der Waals surface area contributed by atoms with Crippen LogP contribution in [-0.4, -0.2) is 56.1 Å². The summed E-state index contributed by atoms with van der Waals surface area (Å²) in [5.74, 6) is 0.947. The van der Waals surface area contributed by atoms with Crippen molar-refractivity contribution < 1.29 is 17.9 Å². The maximum absolute atomic E-state index is 14.3. The third-order valence-corrected chi connectivity index (χ3v) is 10.1. The van der Waals surface area contributed by atoms with Crippen molar-refractivity contribution in [1.29, 1.82) is 0 Å². The topological polar surface area (TPSA) is 167 Å². The molecule has 0 fully saturated rings. The number of hydrogen-bond donors (Lipinski definition) is 2. The molecule has 0 spiro atoms. The van der Waals surface area contributed by atoms with Crippen molar-refractivity contribution in [2.45, 2.75) is 63.2 Å². The van der Waals surface area contributed by atoms with Gasteiger partial charge in [-0.2, -0.15) is 10.2 Å². The van der Waals surface area contributed by atoms with Crippen LogP contribution in [0.1, 0.15) is 51.9 Å². The van der Waals surface area contributed by atoms with Gasteiger partial charge in [0.05, 0.1) is 45.6 Å². The molecular weight excluding hydrogens is 646 g/mol. The molecule has 4 heterocycles. The summed E-state index contributed by atoms with van der Waals surface area (Å²) in [7, 11) is -0.732. The molecule has 2 aromatic carbocycles. The molecule has 0 radical (unpaired) electrons. The highest BCUT2D eigenvalue weighted by atomic mass is 32.2. The van der Waals surface area contributed by atoms with E-state index < -0.39 is 15.4 Å². The summed E-state index contributed by atoms with van der Waals surface area (Å²) in [6.07, 6.45) is 2.96. The summed E-state index contributed by atoms with van der Waals surface area (Å²) in [6.45, 7) is 8.33. The Kier molecular flexibility index (Phi) is 9.16. The summed E-state index contributed by atoms with van der Waals surface area (Å²) in [4.78, 5) is 36.9. The molecule has 256 valence electrons. The molecule has 0 aliphatic carbocycles. The minimum absolute atomic E-state index is 0.0172. The normalized spacial score (nSPS) is 11.9. The third kappa shape index (κ3) is 6.01. The van der Waals surface area contributed by atoms with Gasteiger partial charge in [0, 0.05) is 25.0 Å². The molecule has 0 unspecified atom stereocenters. The van der Waals surface area contributed by atoms with Gasteiger partial charge in [-0.1, -0.05) is 26.7 Å². The molecule has 6 rings (SSSR count). The number of aryl methyl sites for hydroxylation is 4. The van der Waals surface area contributed by atoms with E-state index in [2.05, 4.69) is 20.2 Å². The zero-order chi connectivity index (χ0) is 35.0. The molecule has 6 aromatic rings. The van der Waals surface area contributed by atoms with Crippen LogP contribution in [0.5, 0.6) is 11.5 Å². The first-order valence-electron chi connectivity index (χ1n) is 16.4. The van der Waals surface area contributed by atoms with Crippen molar-refractivity contribution in [2.24, 2.45) is 14.1 Å². The lowest BCUT2D eigenvalue weighted by atomic mass is 10.1. The highest BCUT2D eigenvalue weighted by Gasteiger charge is 2.25. The Labute approximate surface area is 282 Å². The van der Waals surface area contributed by atoms with Gasteiger partial charge in [0.15, 0.2) is 5.52 Å². The Morgan fingerprint density at radius 3 is 1.90 bits per heavy atom. The second kappa shape index (κ2) is 13.3. The van der Waals surface area contributed by atoms with Crippen LogP contribution in [-0.2, 0) is 36.8 Å². The SMILES string of the molecule is CCCc1nn(C)c2c(=O)[nH]c(-c3cc(S(=O)(=O)c4ccc(OCC)c(-c5nc6c(CCC)nn(C)c6c(=O)[nH]5)c4)ccc3OCC)cc12. The number of sulfone groups is 1. The predicted molar refractivity (Wildman–Crippen MR) is 187 cm³/mol. The van der Waals surface area contributed by atoms with Crippen LogP contribution in [0.3, 0.4) is 0 Å². The van der Waals surface area contributed by atoms with E-state index in [1.54, 1.807) is 30.9 Å². The number of ether oxygens (including phenoxy) is 2. The molecule has 0 saturated carbocycles. The fraction of sp³-hybridized carbons (Fsp3) is 0.343. The lowest BCUT2D eigenvalue weighted by molar-refractivity contribution is 0.341. The molecule has 0 aliphatic heterocycles. The Morgan fingerprint density at radius 2 is 1.27 bits per heavy atom. The van der Waals surface area contributed by atoms with E-state index in [4.69, 9.17) is 14.5 Å². The van der Waals surface area contributed by atoms with Crippen molar-refractivity contribution in [3.05, 3.63) is 74.6 Å². The molecule has 2 N–H and O–H groups in total. The van der Waals surface area contributed by atoms with E-state index in [0.717, 1.165) is 18.5 Å². The van der Waals surface area contributed by atoms with Crippen LogP contribution in [0.15, 0.2) is 61.8 Å². The smallest absolute Gasteiger partial charge is 0.277 e. The molecule has 14 heteroatoms. The number of fused-ring (bicyclic) bond motifs is 2. The van der Waals surface area contributed by atoms with E-state index in [9.17, 15) is 18.0 Å². The fourth-order valence-corrected chi connectivity index (χ4v) is 7.48. The number of hydrogen-bond acceptors (Lipinski definition) is 9. The van der Waals surface area contributed by atoms with Crippen molar-refractivity contribution in [3.63, 3.8) is 0 Å². The molecule has 13 nitrogen and oxygen atoms in total. The number of H-pyrrole nitrogens is 2. The van der Waals surface area contributed by atoms with Crippen LogP contribution >= 0.6 is 0 Å². The van der Waals surface area contributed by atoms with E-state index in [0.29, 0.717) is 82.0 Å². The minimum atomic E-state index is -4.15. The highest BCUT2D eigenvalue weighted by Crippen LogP contribution is 2.37. The number of aromatic amines is 2. The predicted octanol–water partition coefficient (Wildman–Crippen LogP) is 5.10. The molecule has 0 amide bonds. The quantitative estimate of drug-likeness (QED) is 0.178. The number of benzene rings is 2. The Hall–Kier alpha value is -5.24. The summed E-state index contributed by atoms with van der Waals surface area (Å²) in [5, 5.41) is 9.74. The molecular formula is C35H39N7O6S. The third-order valence-electron chi connectivity index (χ3n) is 8.32. The Balaban J connectivity index is 1.51. The maximum atomic E-state index is 14.3. The second-order valence-corrected chi connectivity index (χ2v) is 13.7. The largest absolute Gasteiger partial charge is 0.493 e. The molecule has 4 aromatic heterocycles. The Morgan fingerprint density at radius 1 is 0.714 bits per heavy atom. The van der Waals surface area contributed by atoms with Gasteiger partial charge >= 0.3 is 0 Å². The standard InChI is InChI=1S/C35H39N7O6S/c1-7-11-25-23-19-27(36-34(43)31(23)41(5)39-25)22-17-20(13-15-28(22)47-9-3)49(45,46)21-14-16-29(48-10-4)24(18-21)33-37-30-26(12-8-2)40-42(6)32(30)35(44)38-33/h13-19H,7-12H2,1-6H3,(H,36,43)(H,37,38,44). The van der Waals surface area contributed by atoms with Gasteiger partial charge in [-0.05, 0) is 69.2 Å². The molecule has 0 aliphatic rings. The van der Waals surface area contributed by atoms with E-state index >= 15 is 0 Å². The van der Waals surface area contributed by atoms with Crippen molar-refractivity contribution in [3.8, 4) is 34.1 Å². The van der Waals surface area contributed by atoms with Gasteiger partial charge in [-0.25, -0.2) is 13.4 Å². The van der Waals surface area contributed by atoms with Crippen LogP contribution in [0.2, 0.25) is 0 Å². The molecule has 0 saturated heterocycles. The number of nitrogens with one attached hydrogen (secondary N) is 2. The van der Waals surface area contributed by atoms with Crippen molar-refractivity contribution in [1.82, 2.24) is 34.5 Å². The molecule has 0 atom stereocenters. The van der Waals surface area contributed by atoms with Crippen LogP contribution in [0.4, 0.5) is 0 Å². The zero-order valence-electron chi connectivity index (χ0n) is 28.4. The zero-order valence-corrected chi connectivity index (χ0v) is 29.2. The van der Waals surface area contributed by atoms with E-state index in [-0.39, 0.29) is 21.2 Å². The van der Waals surface area contributed by atoms with Gasteiger partial charge < -0.3 is 19.4 Å². The van der Waals surface area contributed by atoms with Gasteiger partial charge in [-0.3, -0.25) is 19.0 Å². The summed E-state index contributed by atoms with van der Waals surface area (Å²) < 4.78 is 43.4. The van der Waals surface area contributed by atoms with Crippen LogP contribution < -0.4 is 20.6 Å². The lowest BCUT2D eigenvalue weighted by Gasteiger charge is -2.15. The highest BCUT2D eigenvalue weighted by molar-refractivity contribution is 7.91. The second-order valence-electron chi connectivity index (χ2n) is 11.7. The minimum Gasteiger partial charge on any atom is -0.493 e. The average molecular weight is 686 g/mol. The van der Waals surface area contributed by atoms with Crippen LogP contribution in [0.25, 0.3) is 44.6 Å². The molecule has 49 heavy (non-hydrogen) atoms. The Bertz CT molecular complexity index is 2280. The number of rotatable bonds is 12. The van der Waals surface area contributed by atoms with Crippen molar-refractivity contribution in [2.75, 3.05) is 13.2 Å². The fourth-order valence-electron chi connectivity index (χ4n) is 6.17. The summed E-state index contributed by atoms with van der Waals surface area (Å²) in [5.41, 5.74) is 3.09. The first kappa shape index (κ1) is 33.7. The van der Waals surface area contributed by atoms with E-state index in [1.165, 1.54) is 28.9 Å². The van der Waals surface area contributed by atoms with Crippen LogP contribution in [0, 0.1) is 0 Å². The van der Waals surface area contributed by atoms with Gasteiger partial charge in [0.25, 0.3) is 11.1 Å². The monoisotopic (exact) mass is 685 g/mol. The first-order valence-corrected chi connectivity index (χ1v) is 17.8. The average Bonchev–Trinajstić information content (AvgIpc) is 3.57. The van der Waals surface area contributed by atoms with Gasteiger partial charge in [0.1, 0.15) is 28.4 Å². The van der Waals surface area contributed by atoms with Gasteiger partial charge in [-0.15, -0.1) is 0 Å². The van der Waals surface area contributed by atoms with Gasteiger partial charge in [0.2, 0.25) is 9.84 Å².